The highest BCUT2D eigenvalue weighted by Crippen LogP contribution is 2.09. The molecule has 0 bridgehead atoms. The third kappa shape index (κ3) is 4.24. The van der Waals surface area contributed by atoms with Crippen molar-refractivity contribution in [2.45, 2.75) is 6.92 Å². The fourth-order valence-electron chi connectivity index (χ4n) is 1.47. The van der Waals surface area contributed by atoms with Crippen LogP contribution >= 0.6 is 0 Å². The van der Waals surface area contributed by atoms with Gasteiger partial charge in [-0.2, -0.15) is 0 Å². The Morgan fingerprint density at radius 2 is 1.95 bits per heavy atom. The van der Waals surface area contributed by atoms with Crippen LogP contribution in [-0.4, -0.2) is 56.1 Å². The minimum Gasteiger partial charge on any atom is -0.465 e. The van der Waals surface area contributed by atoms with Crippen molar-refractivity contribution in [3.8, 4) is 0 Å². The molecule has 0 aliphatic rings. The number of rotatable bonds is 5. The molecular weight excluding hydrogens is 246 g/mol. The van der Waals surface area contributed by atoms with Gasteiger partial charge in [-0.05, 0) is 19.1 Å². The van der Waals surface area contributed by atoms with Crippen LogP contribution < -0.4 is 4.90 Å². The monoisotopic (exact) mass is 265 g/mol. The third-order valence-electron chi connectivity index (χ3n) is 2.47. The van der Waals surface area contributed by atoms with Crippen molar-refractivity contribution in [1.29, 1.82) is 0 Å². The number of hydrogen-bond donors (Lipinski definition) is 0. The van der Waals surface area contributed by atoms with Crippen LogP contribution in [0.2, 0.25) is 0 Å². The molecule has 1 amide bonds. The molecule has 1 aromatic heterocycles. The van der Waals surface area contributed by atoms with Crippen LogP contribution in [0.5, 0.6) is 0 Å². The van der Waals surface area contributed by atoms with E-state index in [0.29, 0.717) is 12.2 Å². The predicted molar refractivity (Wildman–Crippen MR) is 72.2 cm³/mol. The highest BCUT2D eigenvalue weighted by molar-refractivity contribution is 5.95. The van der Waals surface area contributed by atoms with Gasteiger partial charge < -0.3 is 14.5 Å². The maximum Gasteiger partial charge on any atom is 0.325 e. The van der Waals surface area contributed by atoms with Gasteiger partial charge >= 0.3 is 5.97 Å². The number of ether oxygens (including phenoxy) is 1. The number of carbonyl (C=O) groups is 2. The Balaban J connectivity index is 2.69. The highest BCUT2D eigenvalue weighted by atomic mass is 16.5. The molecule has 1 rings (SSSR count). The van der Waals surface area contributed by atoms with Crippen molar-refractivity contribution >= 4 is 17.7 Å². The Hall–Kier alpha value is -2.11. The number of aromatic nitrogens is 1. The maximum atomic E-state index is 12.0. The number of esters is 1. The van der Waals surface area contributed by atoms with Crippen LogP contribution in [0.15, 0.2) is 18.3 Å². The van der Waals surface area contributed by atoms with Crippen molar-refractivity contribution in [1.82, 2.24) is 9.88 Å². The molecule has 0 fully saturated rings. The van der Waals surface area contributed by atoms with Gasteiger partial charge in [-0.15, -0.1) is 0 Å². The first-order chi connectivity index (χ1) is 8.95. The lowest BCUT2D eigenvalue weighted by molar-refractivity contribution is -0.143. The van der Waals surface area contributed by atoms with Crippen molar-refractivity contribution in [3.63, 3.8) is 0 Å². The largest absolute Gasteiger partial charge is 0.465 e. The molecule has 0 atom stereocenters. The topological polar surface area (TPSA) is 62.7 Å². The molecule has 0 N–H and O–H groups in total. The molecule has 0 aromatic carbocycles. The number of hydrogen-bond acceptors (Lipinski definition) is 5. The van der Waals surface area contributed by atoms with Crippen molar-refractivity contribution in [2.24, 2.45) is 0 Å². The van der Waals surface area contributed by atoms with Crippen molar-refractivity contribution in [3.05, 3.63) is 23.9 Å². The second kappa shape index (κ2) is 6.72. The molecule has 0 radical (unpaired) electrons. The van der Waals surface area contributed by atoms with E-state index in [-0.39, 0.29) is 12.5 Å². The van der Waals surface area contributed by atoms with Crippen molar-refractivity contribution in [2.75, 3.05) is 39.2 Å². The molecule has 0 spiro atoms. The number of anilines is 1. The van der Waals surface area contributed by atoms with E-state index in [1.165, 1.54) is 11.1 Å². The summed E-state index contributed by atoms with van der Waals surface area (Å²) in [7, 11) is 5.30. The molecule has 1 heterocycles. The summed E-state index contributed by atoms with van der Waals surface area (Å²) >= 11 is 0. The van der Waals surface area contributed by atoms with Gasteiger partial charge in [0, 0.05) is 27.3 Å². The van der Waals surface area contributed by atoms with Gasteiger partial charge in [0.15, 0.2) is 0 Å². The highest BCUT2D eigenvalue weighted by Gasteiger charge is 2.15. The summed E-state index contributed by atoms with van der Waals surface area (Å²) in [6.07, 6.45) is 1.50. The lowest BCUT2D eigenvalue weighted by Crippen LogP contribution is -2.33. The summed E-state index contributed by atoms with van der Waals surface area (Å²) in [6, 6.07) is 3.44. The zero-order valence-electron chi connectivity index (χ0n) is 11.7. The molecule has 0 aliphatic carbocycles. The summed E-state index contributed by atoms with van der Waals surface area (Å²) in [5, 5.41) is 0. The van der Waals surface area contributed by atoms with E-state index in [1.807, 2.05) is 19.0 Å². The summed E-state index contributed by atoms with van der Waals surface area (Å²) in [5.74, 6) is 0.0895. The van der Waals surface area contributed by atoms with Gasteiger partial charge in [0.2, 0.25) is 0 Å². The SMILES string of the molecule is CCOC(=O)CN(C)C(=O)c1ccc(N(C)C)nc1. The van der Waals surface area contributed by atoms with E-state index in [9.17, 15) is 9.59 Å². The molecule has 0 aliphatic heterocycles. The number of amides is 1. The molecule has 6 nitrogen and oxygen atoms in total. The first kappa shape index (κ1) is 14.9. The Labute approximate surface area is 113 Å². The average Bonchev–Trinajstić information content (AvgIpc) is 2.38. The Morgan fingerprint density at radius 1 is 1.26 bits per heavy atom. The number of likely N-dealkylation sites (N-methyl/N-ethyl adjacent to an activating group) is 1. The summed E-state index contributed by atoms with van der Waals surface area (Å²) in [4.78, 5) is 30.6. The van der Waals surface area contributed by atoms with Crippen LogP contribution in [0, 0.1) is 0 Å². The summed E-state index contributed by atoms with van der Waals surface area (Å²) in [6.45, 7) is 1.96. The summed E-state index contributed by atoms with van der Waals surface area (Å²) in [5.41, 5.74) is 0.442. The molecule has 0 saturated heterocycles. The van der Waals surface area contributed by atoms with Gasteiger partial charge in [-0.25, -0.2) is 4.98 Å². The van der Waals surface area contributed by atoms with Crippen molar-refractivity contribution < 1.29 is 14.3 Å². The van der Waals surface area contributed by atoms with Gasteiger partial charge in [-0.3, -0.25) is 9.59 Å². The van der Waals surface area contributed by atoms with Gasteiger partial charge in [0.1, 0.15) is 12.4 Å². The van der Waals surface area contributed by atoms with E-state index in [4.69, 9.17) is 4.74 Å². The first-order valence-electron chi connectivity index (χ1n) is 6.00. The maximum absolute atomic E-state index is 12.0. The molecular formula is C13H19N3O3. The second-order valence-corrected chi connectivity index (χ2v) is 4.27. The smallest absolute Gasteiger partial charge is 0.325 e. The van der Waals surface area contributed by atoms with E-state index < -0.39 is 5.97 Å². The first-order valence-corrected chi connectivity index (χ1v) is 6.00. The molecule has 19 heavy (non-hydrogen) atoms. The number of nitrogens with zero attached hydrogens (tertiary/aromatic N) is 3. The quantitative estimate of drug-likeness (QED) is 0.736. The van der Waals surface area contributed by atoms with Crippen LogP contribution in [0.4, 0.5) is 5.82 Å². The lowest BCUT2D eigenvalue weighted by Gasteiger charge is -2.16. The van der Waals surface area contributed by atoms with Crippen LogP contribution in [-0.2, 0) is 9.53 Å². The zero-order chi connectivity index (χ0) is 14.4. The summed E-state index contributed by atoms with van der Waals surface area (Å²) < 4.78 is 4.79. The Bertz CT molecular complexity index is 443. The van der Waals surface area contributed by atoms with E-state index in [0.717, 1.165) is 5.82 Å². The van der Waals surface area contributed by atoms with Crippen LogP contribution in [0.25, 0.3) is 0 Å². The molecule has 0 saturated carbocycles. The van der Waals surface area contributed by atoms with E-state index in [2.05, 4.69) is 4.98 Å². The van der Waals surface area contributed by atoms with E-state index in [1.54, 1.807) is 26.1 Å². The fraction of sp³-hybridized carbons (Fsp3) is 0.462. The van der Waals surface area contributed by atoms with E-state index >= 15 is 0 Å². The third-order valence-corrected chi connectivity index (χ3v) is 2.47. The van der Waals surface area contributed by atoms with Gasteiger partial charge in [0.25, 0.3) is 5.91 Å². The Morgan fingerprint density at radius 3 is 2.42 bits per heavy atom. The van der Waals surface area contributed by atoms with Gasteiger partial charge in [0.05, 0.1) is 12.2 Å². The number of pyridine rings is 1. The molecule has 1 aromatic rings. The lowest BCUT2D eigenvalue weighted by atomic mass is 10.2. The minimum absolute atomic E-state index is 0.0674. The molecule has 6 heteroatoms. The standard InChI is InChI=1S/C13H19N3O3/c1-5-19-12(17)9-16(4)13(18)10-6-7-11(14-8-10)15(2)3/h6-8H,5,9H2,1-4H3. The normalized spacial score (nSPS) is 9.89. The fourth-order valence-corrected chi connectivity index (χ4v) is 1.47. The Kier molecular flexibility index (Phi) is 5.29. The zero-order valence-corrected chi connectivity index (χ0v) is 11.7. The number of carbonyl (C=O) groups excluding carboxylic acids is 2. The predicted octanol–water partition coefficient (Wildman–Crippen LogP) is 0.783. The second-order valence-electron chi connectivity index (χ2n) is 4.27. The molecule has 104 valence electrons. The van der Waals surface area contributed by atoms with Gasteiger partial charge in [-0.1, -0.05) is 0 Å². The van der Waals surface area contributed by atoms with Crippen LogP contribution in [0.3, 0.4) is 0 Å². The minimum atomic E-state index is -0.420. The average molecular weight is 265 g/mol. The van der Waals surface area contributed by atoms with Crippen LogP contribution in [0.1, 0.15) is 17.3 Å². The molecule has 0 unspecified atom stereocenters.